The van der Waals surface area contributed by atoms with Crippen LogP contribution in [0.1, 0.15) is 27.3 Å². The first-order valence-corrected chi connectivity index (χ1v) is 6.18. The molecule has 1 heterocycles. The van der Waals surface area contributed by atoms with Gasteiger partial charge >= 0.3 is 0 Å². The summed E-state index contributed by atoms with van der Waals surface area (Å²) < 4.78 is 0. The number of aromatic amines is 1. The van der Waals surface area contributed by atoms with Crippen molar-refractivity contribution in [3.05, 3.63) is 52.8 Å². The molecule has 5 nitrogen and oxygen atoms in total. The first-order valence-electron chi connectivity index (χ1n) is 6.18. The number of rotatable bonds is 5. The number of aliphatic hydroxyl groups excluding tert-OH is 1. The number of aliphatic hydroxyl groups is 1. The Morgan fingerprint density at radius 2 is 2.00 bits per heavy atom. The second-order valence-corrected chi connectivity index (χ2v) is 4.42. The quantitative estimate of drug-likeness (QED) is 0.754. The van der Waals surface area contributed by atoms with Gasteiger partial charge in [0.2, 0.25) is 0 Å². The first kappa shape index (κ1) is 13.3. The molecular weight excluding hydrogens is 242 g/mol. The summed E-state index contributed by atoms with van der Waals surface area (Å²) in [4.78, 5) is 11.7. The van der Waals surface area contributed by atoms with Crippen molar-refractivity contribution in [3.8, 4) is 0 Å². The van der Waals surface area contributed by atoms with Gasteiger partial charge in [-0.25, -0.2) is 0 Å². The summed E-state index contributed by atoms with van der Waals surface area (Å²) in [6.07, 6.45) is 0.751. The third-order valence-electron chi connectivity index (χ3n) is 2.84. The molecule has 0 atom stereocenters. The van der Waals surface area contributed by atoms with Gasteiger partial charge in [-0.05, 0) is 30.5 Å². The number of aromatic nitrogens is 2. The second-order valence-electron chi connectivity index (χ2n) is 4.42. The minimum Gasteiger partial charge on any atom is -0.392 e. The first-order chi connectivity index (χ1) is 9.19. The van der Waals surface area contributed by atoms with Gasteiger partial charge in [-0.1, -0.05) is 24.3 Å². The molecule has 0 saturated heterocycles. The molecule has 0 spiro atoms. The molecule has 5 heteroatoms. The zero-order valence-electron chi connectivity index (χ0n) is 10.8. The summed E-state index contributed by atoms with van der Waals surface area (Å²) in [5.41, 5.74) is 3.29. The Hall–Kier alpha value is -2.14. The van der Waals surface area contributed by atoms with Crippen molar-refractivity contribution in [2.24, 2.45) is 0 Å². The molecule has 3 N–H and O–H groups in total. The fraction of sp³-hybridized carbons (Fsp3) is 0.286. The molecule has 0 radical (unpaired) electrons. The van der Waals surface area contributed by atoms with Crippen LogP contribution >= 0.6 is 0 Å². The number of aryl methyl sites for hydroxylation is 1. The second kappa shape index (κ2) is 6.15. The van der Waals surface area contributed by atoms with Crippen molar-refractivity contribution in [3.63, 3.8) is 0 Å². The summed E-state index contributed by atoms with van der Waals surface area (Å²) in [6.45, 7) is 2.46. The molecule has 1 aromatic carbocycles. The van der Waals surface area contributed by atoms with Crippen molar-refractivity contribution >= 4 is 5.91 Å². The van der Waals surface area contributed by atoms with E-state index in [9.17, 15) is 4.79 Å². The highest BCUT2D eigenvalue weighted by Crippen LogP contribution is 2.05. The van der Waals surface area contributed by atoms with Crippen molar-refractivity contribution < 1.29 is 9.90 Å². The largest absolute Gasteiger partial charge is 0.392 e. The Morgan fingerprint density at radius 3 is 2.58 bits per heavy atom. The fourth-order valence-electron chi connectivity index (χ4n) is 1.76. The Morgan fingerprint density at radius 1 is 1.32 bits per heavy atom. The number of carbonyl (C=O) groups is 1. The summed E-state index contributed by atoms with van der Waals surface area (Å²) in [5, 5.41) is 18.4. The van der Waals surface area contributed by atoms with Crippen LogP contribution in [0.2, 0.25) is 0 Å². The van der Waals surface area contributed by atoms with E-state index in [1.807, 2.05) is 31.2 Å². The van der Waals surface area contributed by atoms with Gasteiger partial charge in [0.05, 0.1) is 6.61 Å². The normalized spacial score (nSPS) is 10.4. The minimum atomic E-state index is -0.170. The topological polar surface area (TPSA) is 78.0 Å². The molecule has 100 valence electrons. The molecule has 0 bridgehead atoms. The number of nitrogens with one attached hydrogen (secondary N) is 2. The molecular formula is C14H17N3O2. The smallest absolute Gasteiger partial charge is 0.271 e. The number of hydrogen-bond donors (Lipinski definition) is 3. The van der Waals surface area contributed by atoms with Gasteiger partial charge in [-0.15, -0.1) is 0 Å². The molecule has 2 aromatic rings. The highest BCUT2D eigenvalue weighted by molar-refractivity contribution is 5.92. The minimum absolute atomic E-state index is 0.0511. The lowest BCUT2D eigenvalue weighted by Crippen LogP contribution is -2.26. The number of benzene rings is 1. The van der Waals surface area contributed by atoms with Crippen LogP contribution < -0.4 is 5.32 Å². The van der Waals surface area contributed by atoms with Crippen LogP contribution in [0.25, 0.3) is 0 Å². The van der Waals surface area contributed by atoms with Gasteiger partial charge in [0, 0.05) is 12.2 Å². The lowest BCUT2D eigenvalue weighted by molar-refractivity contribution is 0.0949. The Balaban J connectivity index is 1.81. The molecule has 0 unspecified atom stereocenters. The van der Waals surface area contributed by atoms with E-state index in [0.717, 1.165) is 23.2 Å². The molecule has 0 aliphatic carbocycles. The Labute approximate surface area is 111 Å². The average Bonchev–Trinajstić information content (AvgIpc) is 2.86. The maximum absolute atomic E-state index is 11.7. The Bertz CT molecular complexity index is 546. The zero-order valence-corrected chi connectivity index (χ0v) is 10.8. The van der Waals surface area contributed by atoms with E-state index in [-0.39, 0.29) is 12.5 Å². The maximum atomic E-state index is 11.7. The number of carbonyl (C=O) groups excluding carboxylic acids is 1. The van der Waals surface area contributed by atoms with E-state index in [1.54, 1.807) is 6.07 Å². The predicted molar refractivity (Wildman–Crippen MR) is 71.7 cm³/mol. The fourth-order valence-corrected chi connectivity index (χ4v) is 1.76. The van der Waals surface area contributed by atoms with E-state index in [4.69, 9.17) is 5.11 Å². The Kier molecular flexibility index (Phi) is 4.30. The third kappa shape index (κ3) is 3.66. The summed E-state index contributed by atoms with van der Waals surface area (Å²) in [7, 11) is 0. The predicted octanol–water partition coefficient (Wildman–Crippen LogP) is 1.18. The highest BCUT2D eigenvalue weighted by Gasteiger charge is 2.07. The van der Waals surface area contributed by atoms with Crippen LogP contribution in [0.3, 0.4) is 0 Å². The van der Waals surface area contributed by atoms with Crippen molar-refractivity contribution in [1.82, 2.24) is 15.5 Å². The standard InChI is InChI=1S/C14H17N3O2/c1-10-8-13(17-16-10)14(19)15-7-6-11-2-4-12(9-18)5-3-11/h2-5,8,18H,6-7,9H2,1H3,(H,15,19)(H,16,17). The van der Waals surface area contributed by atoms with Crippen molar-refractivity contribution in [2.75, 3.05) is 6.54 Å². The molecule has 1 aromatic heterocycles. The van der Waals surface area contributed by atoms with E-state index in [0.29, 0.717) is 12.2 Å². The van der Waals surface area contributed by atoms with E-state index >= 15 is 0 Å². The number of H-pyrrole nitrogens is 1. The number of nitrogens with zero attached hydrogens (tertiary/aromatic N) is 1. The van der Waals surface area contributed by atoms with Gasteiger partial charge < -0.3 is 10.4 Å². The van der Waals surface area contributed by atoms with Gasteiger partial charge in [-0.2, -0.15) is 5.10 Å². The van der Waals surface area contributed by atoms with E-state index in [1.165, 1.54) is 0 Å². The molecule has 1 amide bonds. The summed E-state index contributed by atoms with van der Waals surface area (Å²) >= 11 is 0. The number of hydrogen-bond acceptors (Lipinski definition) is 3. The molecule has 0 aliphatic heterocycles. The molecule has 0 saturated carbocycles. The number of amides is 1. The molecule has 2 rings (SSSR count). The monoisotopic (exact) mass is 259 g/mol. The van der Waals surface area contributed by atoms with Crippen LogP contribution in [0.15, 0.2) is 30.3 Å². The van der Waals surface area contributed by atoms with E-state index in [2.05, 4.69) is 15.5 Å². The van der Waals surface area contributed by atoms with Crippen molar-refractivity contribution in [1.29, 1.82) is 0 Å². The van der Waals surface area contributed by atoms with Crippen LogP contribution in [-0.4, -0.2) is 27.8 Å². The molecule has 19 heavy (non-hydrogen) atoms. The lowest BCUT2D eigenvalue weighted by Gasteiger charge is -2.04. The summed E-state index contributed by atoms with van der Waals surface area (Å²) in [6, 6.07) is 9.39. The van der Waals surface area contributed by atoms with Crippen molar-refractivity contribution in [2.45, 2.75) is 20.0 Å². The molecule has 0 fully saturated rings. The lowest BCUT2D eigenvalue weighted by atomic mass is 10.1. The van der Waals surface area contributed by atoms with Gasteiger partial charge in [0.25, 0.3) is 5.91 Å². The van der Waals surface area contributed by atoms with Gasteiger partial charge in [0.15, 0.2) is 0 Å². The SMILES string of the molecule is Cc1cc(C(=O)NCCc2ccc(CO)cc2)n[nH]1. The van der Waals surface area contributed by atoms with Crippen LogP contribution in [0.5, 0.6) is 0 Å². The van der Waals surface area contributed by atoms with Crippen LogP contribution in [0, 0.1) is 6.92 Å². The van der Waals surface area contributed by atoms with Crippen LogP contribution in [-0.2, 0) is 13.0 Å². The van der Waals surface area contributed by atoms with E-state index < -0.39 is 0 Å². The molecule has 0 aliphatic rings. The summed E-state index contributed by atoms with van der Waals surface area (Å²) in [5.74, 6) is -0.170. The highest BCUT2D eigenvalue weighted by atomic mass is 16.3. The maximum Gasteiger partial charge on any atom is 0.271 e. The van der Waals surface area contributed by atoms with Gasteiger partial charge in [-0.3, -0.25) is 9.89 Å². The third-order valence-corrected chi connectivity index (χ3v) is 2.84. The average molecular weight is 259 g/mol. The van der Waals surface area contributed by atoms with Crippen LogP contribution in [0.4, 0.5) is 0 Å². The zero-order chi connectivity index (χ0) is 13.7. The van der Waals surface area contributed by atoms with Gasteiger partial charge in [0.1, 0.15) is 5.69 Å².